The van der Waals surface area contributed by atoms with Crippen LogP contribution in [0.25, 0.3) is 0 Å². The average molecular weight is 239 g/mol. The van der Waals surface area contributed by atoms with Crippen LogP contribution in [0.15, 0.2) is 24.3 Å². The van der Waals surface area contributed by atoms with Crippen LogP contribution in [-0.4, -0.2) is 25.2 Å². The molecule has 1 N–H and O–H groups in total. The maximum absolute atomic E-state index is 5.14. The summed E-state index contributed by atoms with van der Waals surface area (Å²) in [6.45, 7) is 5.45. The molecule has 1 rings (SSSR count). The number of hydrogen-bond donors (Lipinski definition) is 1. The van der Waals surface area contributed by atoms with Crippen molar-refractivity contribution in [2.45, 2.75) is 19.9 Å². The van der Waals surface area contributed by atoms with Crippen LogP contribution in [0.3, 0.4) is 0 Å². The molecule has 0 spiro atoms. The summed E-state index contributed by atoms with van der Waals surface area (Å²) in [6, 6.07) is 8.65. The number of benzene rings is 1. The van der Waals surface area contributed by atoms with E-state index in [1.165, 1.54) is 17.1 Å². The van der Waals surface area contributed by atoms with Gasteiger partial charge in [-0.15, -0.1) is 0 Å². The molecule has 0 unspecified atom stereocenters. The van der Waals surface area contributed by atoms with Crippen molar-refractivity contribution in [3.8, 4) is 5.75 Å². The van der Waals surface area contributed by atoms with E-state index >= 15 is 0 Å². The van der Waals surface area contributed by atoms with Gasteiger partial charge in [0.25, 0.3) is 0 Å². The zero-order valence-corrected chi connectivity index (χ0v) is 11.1. The number of methoxy groups -OCH3 is 1. The number of hydrogen-bond acceptors (Lipinski definition) is 3. The van der Waals surface area contributed by atoms with Crippen LogP contribution in [0.2, 0.25) is 0 Å². The third-order valence-corrected chi connectivity index (χ3v) is 3.42. The van der Waals surface area contributed by atoms with E-state index in [1.54, 1.807) is 7.11 Å². The minimum absolute atomic E-state index is 0.406. The van der Waals surface area contributed by atoms with Crippen LogP contribution < -0.4 is 10.1 Å². The highest BCUT2D eigenvalue weighted by atomic mass is 32.2. The lowest BCUT2D eigenvalue weighted by atomic mass is 10.1. The summed E-state index contributed by atoms with van der Waals surface area (Å²) in [6.07, 6.45) is 0. The summed E-state index contributed by atoms with van der Waals surface area (Å²) in [4.78, 5) is 0. The van der Waals surface area contributed by atoms with E-state index in [1.807, 2.05) is 23.9 Å². The van der Waals surface area contributed by atoms with Crippen molar-refractivity contribution in [2.24, 2.45) is 0 Å². The second-order valence-corrected chi connectivity index (χ2v) is 5.04. The topological polar surface area (TPSA) is 21.3 Å². The Morgan fingerprint density at radius 1 is 1.31 bits per heavy atom. The first kappa shape index (κ1) is 13.4. The van der Waals surface area contributed by atoms with E-state index in [9.17, 15) is 0 Å². The predicted molar refractivity (Wildman–Crippen MR) is 72.4 cm³/mol. The highest BCUT2D eigenvalue weighted by Gasteiger charge is 2.03. The summed E-state index contributed by atoms with van der Waals surface area (Å²) in [5.41, 5.74) is 1.31. The lowest BCUT2D eigenvalue weighted by Crippen LogP contribution is -2.21. The van der Waals surface area contributed by atoms with Crippen molar-refractivity contribution < 1.29 is 4.74 Å². The van der Waals surface area contributed by atoms with Crippen LogP contribution in [0, 0.1) is 0 Å². The first-order valence-corrected chi connectivity index (χ1v) is 6.88. The molecule has 0 aliphatic heterocycles. The Balaban J connectivity index is 2.37. The molecular weight excluding hydrogens is 218 g/mol. The van der Waals surface area contributed by atoms with Gasteiger partial charge in [-0.1, -0.05) is 19.1 Å². The van der Waals surface area contributed by atoms with Gasteiger partial charge in [0.05, 0.1) is 7.11 Å². The normalized spacial score (nSPS) is 12.4. The number of ether oxygens (including phenoxy) is 1. The van der Waals surface area contributed by atoms with Gasteiger partial charge in [0.15, 0.2) is 0 Å². The van der Waals surface area contributed by atoms with Gasteiger partial charge in [0.1, 0.15) is 5.75 Å². The van der Waals surface area contributed by atoms with Crippen molar-refractivity contribution >= 4 is 11.8 Å². The first-order chi connectivity index (χ1) is 7.77. The van der Waals surface area contributed by atoms with Crippen molar-refractivity contribution in [1.82, 2.24) is 5.32 Å². The SMILES string of the molecule is CCSCCN[C@H](C)c1ccc(OC)cc1. The van der Waals surface area contributed by atoms with Crippen LogP contribution in [0.5, 0.6) is 5.75 Å². The minimum atomic E-state index is 0.406. The van der Waals surface area contributed by atoms with Gasteiger partial charge in [0, 0.05) is 18.3 Å². The summed E-state index contributed by atoms with van der Waals surface area (Å²) >= 11 is 1.97. The molecule has 0 aliphatic rings. The molecule has 1 aromatic carbocycles. The van der Waals surface area contributed by atoms with Crippen molar-refractivity contribution in [2.75, 3.05) is 25.2 Å². The maximum atomic E-state index is 5.14. The van der Waals surface area contributed by atoms with E-state index in [0.29, 0.717) is 6.04 Å². The third-order valence-electron chi connectivity index (χ3n) is 2.52. The van der Waals surface area contributed by atoms with E-state index in [2.05, 4.69) is 31.3 Å². The van der Waals surface area contributed by atoms with Crippen LogP contribution in [0.1, 0.15) is 25.5 Å². The summed E-state index contributed by atoms with van der Waals surface area (Å²) < 4.78 is 5.14. The van der Waals surface area contributed by atoms with Gasteiger partial charge in [-0.25, -0.2) is 0 Å². The van der Waals surface area contributed by atoms with Gasteiger partial charge >= 0.3 is 0 Å². The van der Waals surface area contributed by atoms with E-state index < -0.39 is 0 Å². The van der Waals surface area contributed by atoms with Crippen molar-refractivity contribution in [3.63, 3.8) is 0 Å². The van der Waals surface area contributed by atoms with Crippen molar-refractivity contribution in [3.05, 3.63) is 29.8 Å². The molecule has 0 fully saturated rings. The third kappa shape index (κ3) is 4.45. The van der Waals surface area contributed by atoms with Gasteiger partial charge in [-0.05, 0) is 30.4 Å². The molecule has 0 aliphatic carbocycles. The molecule has 0 aromatic heterocycles. The van der Waals surface area contributed by atoms with Gasteiger partial charge in [0.2, 0.25) is 0 Å². The molecule has 1 atom stereocenters. The highest BCUT2D eigenvalue weighted by molar-refractivity contribution is 7.99. The lowest BCUT2D eigenvalue weighted by molar-refractivity contribution is 0.414. The largest absolute Gasteiger partial charge is 0.497 e. The van der Waals surface area contributed by atoms with Gasteiger partial charge in [-0.2, -0.15) is 11.8 Å². The quantitative estimate of drug-likeness (QED) is 0.739. The second-order valence-electron chi connectivity index (χ2n) is 3.65. The Kier molecular flexibility index (Phi) is 6.34. The molecule has 0 saturated carbocycles. The predicted octanol–water partition coefficient (Wildman–Crippen LogP) is 3.10. The number of nitrogens with one attached hydrogen (secondary N) is 1. The first-order valence-electron chi connectivity index (χ1n) is 5.73. The van der Waals surface area contributed by atoms with E-state index in [0.717, 1.165) is 12.3 Å². The fourth-order valence-corrected chi connectivity index (χ4v) is 2.05. The van der Waals surface area contributed by atoms with E-state index in [-0.39, 0.29) is 0 Å². The molecule has 0 heterocycles. The molecule has 0 bridgehead atoms. The summed E-state index contributed by atoms with van der Waals surface area (Å²) in [5.74, 6) is 3.28. The monoisotopic (exact) mass is 239 g/mol. The molecule has 0 saturated heterocycles. The molecular formula is C13H21NOS. The van der Waals surface area contributed by atoms with Gasteiger partial charge < -0.3 is 10.1 Å². The lowest BCUT2D eigenvalue weighted by Gasteiger charge is -2.14. The minimum Gasteiger partial charge on any atom is -0.497 e. The second kappa shape index (κ2) is 7.58. The fourth-order valence-electron chi connectivity index (χ4n) is 1.50. The van der Waals surface area contributed by atoms with Crippen LogP contribution in [-0.2, 0) is 0 Å². The summed E-state index contributed by atoms with van der Waals surface area (Å²) in [5, 5.41) is 3.51. The van der Waals surface area contributed by atoms with Crippen LogP contribution >= 0.6 is 11.8 Å². The Morgan fingerprint density at radius 2 is 2.00 bits per heavy atom. The molecule has 16 heavy (non-hydrogen) atoms. The summed E-state index contributed by atoms with van der Waals surface area (Å²) in [7, 11) is 1.69. The standard InChI is InChI=1S/C13H21NOS/c1-4-16-10-9-14-11(2)12-5-7-13(15-3)8-6-12/h5-8,11,14H,4,9-10H2,1-3H3/t11-/m1/s1. The van der Waals surface area contributed by atoms with Crippen LogP contribution in [0.4, 0.5) is 0 Å². The average Bonchev–Trinajstić information content (AvgIpc) is 2.34. The molecule has 0 radical (unpaired) electrons. The van der Waals surface area contributed by atoms with E-state index in [4.69, 9.17) is 4.74 Å². The smallest absolute Gasteiger partial charge is 0.118 e. The Bertz CT molecular complexity index is 286. The number of thioether (sulfide) groups is 1. The molecule has 0 amide bonds. The van der Waals surface area contributed by atoms with Crippen molar-refractivity contribution in [1.29, 1.82) is 0 Å². The van der Waals surface area contributed by atoms with Gasteiger partial charge in [-0.3, -0.25) is 0 Å². The molecule has 1 aromatic rings. The zero-order valence-electron chi connectivity index (χ0n) is 10.3. The molecule has 2 nitrogen and oxygen atoms in total. The Morgan fingerprint density at radius 3 is 2.56 bits per heavy atom. The Hall–Kier alpha value is -0.670. The Labute approximate surface area is 103 Å². The molecule has 90 valence electrons. The highest BCUT2D eigenvalue weighted by Crippen LogP contribution is 2.17. The zero-order chi connectivity index (χ0) is 11.8. The fraction of sp³-hybridized carbons (Fsp3) is 0.538. The number of rotatable bonds is 7. The maximum Gasteiger partial charge on any atom is 0.118 e. The molecule has 3 heteroatoms.